The van der Waals surface area contributed by atoms with Crippen molar-refractivity contribution in [3.05, 3.63) is 223 Å². The minimum absolute atomic E-state index is 0.0246. The van der Waals surface area contributed by atoms with Gasteiger partial charge in [-0.05, 0) is 116 Å². The van der Waals surface area contributed by atoms with Crippen molar-refractivity contribution in [3.8, 4) is 33.4 Å². The molecule has 12 aromatic rings. The lowest BCUT2D eigenvalue weighted by molar-refractivity contribution is 0.590. The Kier molecular flexibility index (Phi) is 9.47. The van der Waals surface area contributed by atoms with Gasteiger partial charge in [-0.25, -0.2) is 0 Å². The van der Waals surface area contributed by atoms with Crippen LogP contribution in [0.2, 0.25) is 0 Å². The van der Waals surface area contributed by atoms with Crippen LogP contribution in [0.1, 0.15) is 52.7 Å². The first-order chi connectivity index (χ1) is 35.5. The first-order valence-electron chi connectivity index (χ1n) is 25.6. The highest BCUT2D eigenvalue weighted by Gasteiger charge is 2.44. The number of rotatable bonds is 5. The normalized spacial score (nSPS) is 13.3. The van der Waals surface area contributed by atoms with E-state index in [0.717, 1.165) is 88.6 Å². The Labute approximate surface area is 426 Å². The molecule has 0 saturated heterocycles. The average Bonchev–Trinajstić information content (AvgIpc) is 3.99. The third kappa shape index (κ3) is 6.75. The van der Waals surface area contributed by atoms with Crippen molar-refractivity contribution >= 4 is 101 Å². The van der Waals surface area contributed by atoms with Crippen LogP contribution >= 0.6 is 0 Å². The highest BCUT2D eigenvalue weighted by Crippen LogP contribution is 2.49. The van der Waals surface area contributed by atoms with Crippen LogP contribution < -0.4 is 26.2 Å². The first kappa shape index (κ1) is 43.3. The standard InChI is InChI=1S/C68H53BN2O2/c1-67(2,3)45-32-37-58-55(40-45)69-56-41-46(68(4,5)6)33-38-59(56)71(57-36-31-44(39-54(57)42-17-8-7-9-18-42)49-22-15-24-53-51-20-11-13-28-63(51)73-66(49)53)61-26-16-25-60(64(61)69)70(58)47-34-29-43(30-35-47)48-21-14-23-52-50-19-10-12-27-62(50)72-65(48)52/h7-41H,1-6H3. The molecule has 2 aromatic heterocycles. The largest absolute Gasteiger partial charge is 0.455 e. The van der Waals surface area contributed by atoms with Crippen LogP contribution in [0.25, 0.3) is 77.3 Å². The summed E-state index contributed by atoms with van der Waals surface area (Å²) in [5, 5.41) is 4.52. The molecule has 73 heavy (non-hydrogen) atoms. The molecule has 5 heteroatoms. The van der Waals surface area contributed by atoms with Gasteiger partial charge in [-0.3, -0.25) is 0 Å². The highest BCUT2D eigenvalue weighted by molar-refractivity contribution is 7.00. The number of hydrogen-bond donors (Lipinski definition) is 0. The minimum Gasteiger partial charge on any atom is -0.455 e. The molecule has 0 unspecified atom stereocenters. The molecule has 0 spiro atoms. The zero-order valence-corrected chi connectivity index (χ0v) is 42.0. The Morgan fingerprint density at radius 1 is 0.342 bits per heavy atom. The molecule has 10 aromatic carbocycles. The van der Waals surface area contributed by atoms with Crippen LogP contribution in [0.5, 0.6) is 0 Å². The molecule has 14 rings (SSSR count). The van der Waals surface area contributed by atoms with Gasteiger partial charge in [0.2, 0.25) is 0 Å². The van der Waals surface area contributed by atoms with Gasteiger partial charge in [-0.2, -0.15) is 0 Å². The monoisotopic (exact) mass is 940 g/mol. The fourth-order valence-corrected chi connectivity index (χ4v) is 11.9. The van der Waals surface area contributed by atoms with Crippen molar-refractivity contribution in [1.29, 1.82) is 0 Å². The van der Waals surface area contributed by atoms with E-state index in [0.29, 0.717) is 0 Å². The summed E-state index contributed by atoms with van der Waals surface area (Å²) in [4.78, 5) is 5.06. The van der Waals surface area contributed by atoms with E-state index < -0.39 is 0 Å². The second-order valence-electron chi connectivity index (χ2n) is 22.1. The maximum absolute atomic E-state index is 6.65. The zero-order chi connectivity index (χ0) is 49.3. The Morgan fingerprint density at radius 2 is 0.808 bits per heavy atom. The lowest BCUT2D eigenvalue weighted by Crippen LogP contribution is -2.61. The predicted octanol–water partition coefficient (Wildman–Crippen LogP) is 17.2. The van der Waals surface area contributed by atoms with Crippen LogP contribution in [-0.4, -0.2) is 6.71 Å². The summed E-state index contributed by atoms with van der Waals surface area (Å²) in [6.07, 6.45) is 0. The molecule has 0 radical (unpaired) electrons. The Balaban J connectivity index is 0.995. The van der Waals surface area contributed by atoms with Gasteiger partial charge in [0.05, 0.1) is 5.69 Å². The summed E-state index contributed by atoms with van der Waals surface area (Å²) in [7, 11) is 0. The van der Waals surface area contributed by atoms with Crippen LogP contribution in [0, 0.1) is 0 Å². The Hall–Kier alpha value is -8.54. The van der Waals surface area contributed by atoms with Gasteiger partial charge in [-0.1, -0.05) is 193 Å². The van der Waals surface area contributed by atoms with Gasteiger partial charge >= 0.3 is 0 Å². The third-order valence-corrected chi connectivity index (χ3v) is 15.6. The van der Waals surface area contributed by atoms with Crippen LogP contribution in [0.4, 0.5) is 34.1 Å². The van der Waals surface area contributed by atoms with Crippen LogP contribution in [0.3, 0.4) is 0 Å². The smallest absolute Gasteiger partial charge is 0.252 e. The molecule has 0 fully saturated rings. The number of fused-ring (bicyclic) bond motifs is 10. The van der Waals surface area contributed by atoms with E-state index >= 15 is 0 Å². The van der Waals surface area contributed by atoms with Crippen LogP contribution in [-0.2, 0) is 10.8 Å². The summed E-state index contributed by atoms with van der Waals surface area (Å²) in [5.74, 6) is 0. The van der Waals surface area contributed by atoms with Crippen molar-refractivity contribution in [3.63, 3.8) is 0 Å². The summed E-state index contributed by atoms with van der Waals surface area (Å²) in [6, 6.07) is 78.1. The molecular formula is C68H53BN2O2. The number of para-hydroxylation sites is 4. The van der Waals surface area contributed by atoms with Crippen molar-refractivity contribution in [2.24, 2.45) is 0 Å². The van der Waals surface area contributed by atoms with Gasteiger partial charge in [-0.15, -0.1) is 0 Å². The molecule has 4 nitrogen and oxygen atoms in total. The van der Waals surface area contributed by atoms with Gasteiger partial charge in [0.15, 0.2) is 0 Å². The van der Waals surface area contributed by atoms with E-state index in [4.69, 9.17) is 8.83 Å². The predicted molar refractivity (Wildman–Crippen MR) is 309 cm³/mol. The number of anilines is 6. The summed E-state index contributed by atoms with van der Waals surface area (Å²) in [5.41, 5.74) is 23.7. The first-order valence-corrected chi connectivity index (χ1v) is 25.6. The second kappa shape index (κ2) is 16.0. The fourth-order valence-electron chi connectivity index (χ4n) is 11.9. The SMILES string of the molecule is CC(C)(C)c1ccc2c(c1)B1c3cc(C(C)(C)C)ccc3N(c3ccc(-c4cccc5c4oc4ccccc45)cc3-c3ccccc3)c3cccc(c31)N2c1ccc(-c2cccc3c2oc2ccccc23)cc1. The van der Waals surface area contributed by atoms with Crippen molar-refractivity contribution < 1.29 is 8.83 Å². The van der Waals surface area contributed by atoms with Gasteiger partial charge in [0.25, 0.3) is 6.71 Å². The van der Waals surface area contributed by atoms with Crippen molar-refractivity contribution in [2.75, 3.05) is 9.80 Å². The summed E-state index contributed by atoms with van der Waals surface area (Å²) < 4.78 is 13.2. The Bertz CT molecular complexity index is 4190. The maximum Gasteiger partial charge on any atom is 0.252 e. The van der Waals surface area contributed by atoms with Crippen molar-refractivity contribution in [2.45, 2.75) is 52.4 Å². The lowest BCUT2D eigenvalue weighted by atomic mass is 9.33. The number of hydrogen-bond acceptors (Lipinski definition) is 4. The van der Waals surface area contributed by atoms with E-state index in [2.05, 4.69) is 252 Å². The van der Waals surface area contributed by atoms with Gasteiger partial charge in [0, 0.05) is 66.7 Å². The maximum atomic E-state index is 6.65. The molecular weight excluding hydrogens is 888 g/mol. The topological polar surface area (TPSA) is 32.8 Å². The van der Waals surface area contributed by atoms with E-state index in [-0.39, 0.29) is 17.5 Å². The molecule has 2 aliphatic heterocycles. The molecule has 0 atom stereocenters. The molecule has 4 heterocycles. The molecule has 2 aliphatic rings. The molecule has 0 amide bonds. The fraction of sp³-hybridized carbons (Fsp3) is 0.118. The summed E-state index contributed by atoms with van der Waals surface area (Å²) >= 11 is 0. The summed E-state index contributed by atoms with van der Waals surface area (Å²) in [6.45, 7) is 13.9. The zero-order valence-electron chi connectivity index (χ0n) is 42.0. The average molecular weight is 941 g/mol. The van der Waals surface area contributed by atoms with E-state index in [1.807, 2.05) is 12.1 Å². The minimum atomic E-state index is -0.0700. The number of nitrogens with zero attached hydrogens (tertiary/aromatic N) is 2. The highest BCUT2D eigenvalue weighted by atomic mass is 16.3. The molecule has 350 valence electrons. The van der Waals surface area contributed by atoms with E-state index in [9.17, 15) is 0 Å². The second-order valence-corrected chi connectivity index (χ2v) is 22.1. The van der Waals surface area contributed by atoms with Crippen LogP contribution in [0.15, 0.2) is 221 Å². The molecule has 0 aliphatic carbocycles. The quantitative estimate of drug-likeness (QED) is 0.161. The lowest BCUT2D eigenvalue weighted by Gasteiger charge is -2.45. The van der Waals surface area contributed by atoms with Gasteiger partial charge < -0.3 is 18.6 Å². The number of furan rings is 2. The van der Waals surface area contributed by atoms with Gasteiger partial charge in [0.1, 0.15) is 22.3 Å². The van der Waals surface area contributed by atoms with E-state index in [1.54, 1.807) is 0 Å². The molecule has 0 N–H and O–H groups in total. The molecule has 0 saturated carbocycles. The molecule has 0 bridgehead atoms. The number of benzene rings is 10. The van der Waals surface area contributed by atoms with Crippen molar-refractivity contribution in [1.82, 2.24) is 0 Å². The third-order valence-electron chi connectivity index (χ3n) is 15.6. The van der Waals surface area contributed by atoms with E-state index in [1.165, 1.54) is 50.3 Å². The Morgan fingerprint density at radius 3 is 1.40 bits per heavy atom.